The number of benzene rings is 1. The van der Waals surface area contributed by atoms with E-state index in [1.54, 1.807) is 7.05 Å². The first-order valence-corrected chi connectivity index (χ1v) is 8.01. The Hall–Kier alpha value is -1.63. The lowest BCUT2D eigenvalue weighted by atomic mass is 10.1. The maximum atomic E-state index is 4.48. The van der Waals surface area contributed by atoms with Crippen LogP contribution in [0.25, 0.3) is 0 Å². The van der Waals surface area contributed by atoms with E-state index in [1.807, 2.05) is 25.1 Å². The summed E-state index contributed by atoms with van der Waals surface area (Å²) in [6.45, 7) is 7.80. The number of hydrogen-bond acceptors (Lipinski definition) is 2. The van der Waals surface area contributed by atoms with Crippen LogP contribution in [0.5, 0.6) is 0 Å². The molecule has 0 atom stereocenters. The lowest BCUT2D eigenvalue weighted by Crippen LogP contribution is -2.38. The van der Waals surface area contributed by atoms with Gasteiger partial charge < -0.3 is 10.6 Å². The summed E-state index contributed by atoms with van der Waals surface area (Å²) in [4.78, 5) is 8.74. The zero-order valence-corrected chi connectivity index (χ0v) is 17.2. The van der Waals surface area contributed by atoms with E-state index < -0.39 is 0 Å². The molecule has 5 heteroatoms. The zero-order valence-electron chi connectivity index (χ0n) is 14.9. The number of nitrogens with zero attached hydrogens (tertiary/aromatic N) is 2. The second-order valence-corrected chi connectivity index (χ2v) is 5.87. The second kappa shape index (κ2) is 10.3. The molecule has 1 aromatic heterocycles. The van der Waals surface area contributed by atoms with Gasteiger partial charge in [-0.2, -0.15) is 0 Å². The standard InChI is InChI=1S/C19H26N4.HI/c1-14-10-15(2)12-17(11-14)8-9-21-19(20-4)22-13-18-7-5-6-16(3)23-18;/h5-7,10-12H,8-9,13H2,1-4H3,(H2,20,21,22);1H. The molecule has 0 amide bonds. The molecule has 2 aromatic rings. The summed E-state index contributed by atoms with van der Waals surface area (Å²) in [6.07, 6.45) is 0.978. The van der Waals surface area contributed by atoms with E-state index in [4.69, 9.17) is 0 Å². The van der Waals surface area contributed by atoms with Crippen LogP contribution in [0.1, 0.15) is 28.1 Å². The van der Waals surface area contributed by atoms with Crippen LogP contribution in [0.2, 0.25) is 0 Å². The summed E-state index contributed by atoms with van der Waals surface area (Å²) in [5.41, 5.74) is 6.02. The molecule has 0 spiro atoms. The molecule has 4 nitrogen and oxygen atoms in total. The van der Waals surface area contributed by atoms with Crippen molar-refractivity contribution in [3.8, 4) is 0 Å². The number of rotatable bonds is 5. The average molecular weight is 438 g/mol. The van der Waals surface area contributed by atoms with Crippen LogP contribution in [0.4, 0.5) is 0 Å². The molecule has 0 radical (unpaired) electrons. The lowest BCUT2D eigenvalue weighted by Gasteiger charge is -2.12. The monoisotopic (exact) mass is 438 g/mol. The van der Waals surface area contributed by atoms with E-state index in [2.05, 4.69) is 52.7 Å². The number of aromatic nitrogens is 1. The lowest BCUT2D eigenvalue weighted by molar-refractivity contribution is 0.781. The van der Waals surface area contributed by atoms with Crippen molar-refractivity contribution in [1.82, 2.24) is 15.6 Å². The number of halogens is 1. The normalized spacial score (nSPS) is 10.9. The van der Waals surface area contributed by atoms with Gasteiger partial charge in [-0.05, 0) is 44.9 Å². The number of aliphatic imine (C=N–C) groups is 1. The Morgan fingerprint density at radius 3 is 2.38 bits per heavy atom. The van der Waals surface area contributed by atoms with Crippen LogP contribution in [-0.4, -0.2) is 24.5 Å². The molecule has 0 aliphatic heterocycles. The summed E-state index contributed by atoms with van der Waals surface area (Å²) >= 11 is 0. The minimum Gasteiger partial charge on any atom is -0.356 e. The van der Waals surface area contributed by atoms with Gasteiger partial charge >= 0.3 is 0 Å². The molecule has 2 rings (SSSR count). The van der Waals surface area contributed by atoms with Crippen molar-refractivity contribution in [3.05, 3.63) is 64.5 Å². The fourth-order valence-electron chi connectivity index (χ4n) is 2.63. The van der Waals surface area contributed by atoms with Crippen molar-refractivity contribution in [1.29, 1.82) is 0 Å². The maximum Gasteiger partial charge on any atom is 0.191 e. The Bertz CT molecular complexity index is 663. The van der Waals surface area contributed by atoms with E-state index in [-0.39, 0.29) is 24.0 Å². The molecular weight excluding hydrogens is 411 g/mol. The highest BCUT2D eigenvalue weighted by Gasteiger charge is 2.01. The van der Waals surface area contributed by atoms with Gasteiger partial charge in [-0.3, -0.25) is 9.98 Å². The number of aryl methyl sites for hydroxylation is 3. The third-order valence-electron chi connectivity index (χ3n) is 3.59. The Morgan fingerprint density at radius 2 is 1.75 bits per heavy atom. The van der Waals surface area contributed by atoms with Gasteiger partial charge in [0.25, 0.3) is 0 Å². The van der Waals surface area contributed by atoms with Gasteiger partial charge in [0.1, 0.15) is 0 Å². The molecule has 0 saturated carbocycles. The largest absolute Gasteiger partial charge is 0.356 e. The maximum absolute atomic E-state index is 4.48. The van der Waals surface area contributed by atoms with Crippen molar-refractivity contribution >= 4 is 29.9 Å². The van der Waals surface area contributed by atoms with Crippen LogP contribution in [0, 0.1) is 20.8 Å². The van der Waals surface area contributed by atoms with Crippen molar-refractivity contribution in [2.24, 2.45) is 4.99 Å². The summed E-state index contributed by atoms with van der Waals surface area (Å²) in [6, 6.07) is 12.7. The Balaban J connectivity index is 0.00000288. The fourth-order valence-corrected chi connectivity index (χ4v) is 2.63. The molecule has 0 aliphatic carbocycles. The molecule has 0 saturated heterocycles. The second-order valence-electron chi connectivity index (χ2n) is 5.87. The van der Waals surface area contributed by atoms with E-state index >= 15 is 0 Å². The van der Waals surface area contributed by atoms with Gasteiger partial charge in [0, 0.05) is 19.3 Å². The minimum atomic E-state index is 0. The number of nitrogens with one attached hydrogen (secondary N) is 2. The van der Waals surface area contributed by atoms with Crippen LogP contribution in [0.15, 0.2) is 41.4 Å². The van der Waals surface area contributed by atoms with Crippen molar-refractivity contribution in [3.63, 3.8) is 0 Å². The summed E-state index contributed by atoms with van der Waals surface area (Å²) in [5.74, 6) is 0.803. The third kappa shape index (κ3) is 6.86. The van der Waals surface area contributed by atoms with E-state index in [9.17, 15) is 0 Å². The van der Waals surface area contributed by atoms with Gasteiger partial charge in [-0.15, -0.1) is 24.0 Å². The van der Waals surface area contributed by atoms with Gasteiger partial charge in [0.05, 0.1) is 12.2 Å². The first-order chi connectivity index (χ1) is 11.1. The average Bonchev–Trinajstić information content (AvgIpc) is 2.50. The first kappa shape index (κ1) is 20.4. The highest BCUT2D eigenvalue weighted by Crippen LogP contribution is 2.08. The SMILES string of the molecule is CN=C(NCCc1cc(C)cc(C)c1)NCc1cccc(C)n1.I. The highest BCUT2D eigenvalue weighted by atomic mass is 127. The van der Waals surface area contributed by atoms with Crippen molar-refractivity contribution in [2.45, 2.75) is 33.7 Å². The molecule has 0 fully saturated rings. The summed E-state index contributed by atoms with van der Waals surface area (Å²) in [5, 5.41) is 6.65. The Kier molecular flexibility index (Phi) is 8.74. The summed E-state index contributed by atoms with van der Waals surface area (Å²) in [7, 11) is 1.79. The van der Waals surface area contributed by atoms with Crippen LogP contribution in [0.3, 0.4) is 0 Å². The molecule has 0 aliphatic rings. The predicted octanol–water partition coefficient (Wildman–Crippen LogP) is 3.53. The highest BCUT2D eigenvalue weighted by molar-refractivity contribution is 14.0. The fraction of sp³-hybridized carbons (Fsp3) is 0.368. The minimum absolute atomic E-state index is 0. The molecule has 24 heavy (non-hydrogen) atoms. The molecule has 2 N–H and O–H groups in total. The number of pyridine rings is 1. The van der Waals surface area contributed by atoms with E-state index in [0.717, 1.165) is 30.3 Å². The number of guanidine groups is 1. The van der Waals surface area contributed by atoms with Gasteiger partial charge in [0.2, 0.25) is 0 Å². The molecular formula is C19H27IN4. The first-order valence-electron chi connectivity index (χ1n) is 8.01. The zero-order chi connectivity index (χ0) is 16.7. The van der Waals surface area contributed by atoms with Gasteiger partial charge in [0.15, 0.2) is 5.96 Å². The van der Waals surface area contributed by atoms with Crippen LogP contribution < -0.4 is 10.6 Å². The van der Waals surface area contributed by atoms with E-state index in [1.165, 1.54) is 16.7 Å². The van der Waals surface area contributed by atoms with Crippen LogP contribution in [-0.2, 0) is 13.0 Å². The van der Waals surface area contributed by atoms with Crippen molar-refractivity contribution < 1.29 is 0 Å². The van der Waals surface area contributed by atoms with E-state index in [0.29, 0.717) is 6.54 Å². The third-order valence-corrected chi connectivity index (χ3v) is 3.59. The quantitative estimate of drug-likeness (QED) is 0.427. The number of hydrogen-bond donors (Lipinski definition) is 2. The molecule has 0 unspecified atom stereocenters. The van der Waals surface area contributed by atoms with Gasteiger partial charge in [-0.25, -0.2) is 0 Å². The molecule has 1 heterocycles. The molecule has 0 bridgehead atoms. The summed E-state index contributed by atoms with van der Waals surface area (Å²) < 4.78 is 0. The Labute approximate surface area is 162 Å². The van der Waals surface area contributed by atoms with Crippen molar-refractivity contribution in [2.75, 3.05) is 13.6 Å². The predicted molar refractivity (Wildman–Crippen MR) is 112 cm³/mol. The molecule has 1 aromatic carbocycles. The van der Waals surface area contributed by atoms with Crippen LogP contribution >= 0.6 is 24.0 Å². The Morgan fingerprint density at radius 1 is 1.04 bits per heavy atom. The van der Waals surface area contributed by atoms with Gasteiger partial charge in [-0.1, -0.05) is 35.4 Å². The topological polar surface area (TPSA) is 49.3 Å². The molecule has 130 valence electrons. The smallest absolute Gasteiger partial charge is 0.191 e.